The van der Waals surface area contributed by atoms with Crippen molar-refractivity contribution >= 4 is 16.0 Å². The molecule has 0 aliphatic rings. The van der Waals surface area contributed by atoms with E-state index in [4.69, 9.17) is 15.0 Å². The summed E-state index contributed by atoms with van der Waals surface area (Å²) >= 11 is 0. The van der Waals surface area contributed by atoms with Crippen molar-refractivity contribution in [2.45, 2.75) is 31.6 Å². The molecule has 0 atom stereocenters. The molecular formula is C12H17NO5S. The van der Waals surface area contributed by atoms with Crippen LogP contribution in [0.4, 0.5) is 0 Å². The number of carboxylic acids is 1. The van der Waals surface area contributed by atoms with Crippen LogP contribution in [-0.2, 0) is 14.8 Å². The number of nitrogens with two attached hydrogens (primary N) is 1. The van der Waals surface area contributed by atoms with E-state index in [1.165, 1.54) is 12.1 Å². The molecule has 19 heavy (non-hydrogen) atoms. The van der Waals surface area contributed by atoms with Gasteiger partial charge in [-0.2, -0.15) is 0 Å². The van der Waals surface area contributed by atoms with Crippen molar-refractivity contribution in [3.63, 3.8) is 0 Å². The van der Waals surface area contributed by atoms with Crippen molar-refractivity contribution in [3.05, 3.63) is 23.3 Å². The average molecular weight is 287 g/mol. The molecule has 0 unspecified atom stereocenters. The molecule has 0 aliphatic carbocycles. The van der Waals surface area contributed by atoms with Gasteiger partial charge in [0.05, 0.1) is 4.90 Å². The number of sulfonamides is 1. The van der Waals surface area contributed by atoms with E-state index in [2.05, 4.69) is 0 Å². The number of aliphatic carboxylic acids is 1. The van der Waals surface area contributed by atoms with Gasteiger partial charge in [-0.3, -0.25) is 0 Å². The molecule has 1 aromatic rings. The average Bonchev–Trinajstić information content (AvgIpc) is 2.23. The van der Waals surface area contributed by atoms with Gasteiger partial charge in [-0.1, -0.05) is 13.8 Å². The summed E-state index contributed by atoms with van der Waals surface area (Å²) in [5.41, 5.74) is 1.03. The highest BCUT2D eigenvalue weighted by Crippen LogP contribution is 2.31. The van der Waals surface area contributed by atoms with Crippen LogP contribution in [0.2, 0.25) is 0 Å². The minimum Gasteiger partial charge on any atom is -0.482 e. The zero-order chi connectivity index (χ0) is 14.8. The number of benzene rings is 1. The zero-order valence-electron chi connectivity index (χ0n) is 11.0. The van der Waals surface area contributed by atoms with Gasteiger partial charge in [-0.25, -0.2) is 18.4 Å². The van der Waals surface area contributed by atoms with Crippen LogP contribution in [0.3, 0.4) is 0 Å². The summed E-state index contributed by atoms with van der Waals surface area (Å²) in [5.74, 6) is -0.755. The number of ether oxygens (including phenoxy) is 1. The van der Waals surface area contributed by atoms with Gasteiger partial charge in [0.25, 0.3) is 0 Å². The topological polar surface area (TPSA) is 107 Å². The van der Waals surface area contributed by atoms with E-state index in [9.17, 15) is 13.2 Å². The molecule has 0 heterocycles. The predicted octanol–water partition coefficient (Wildman–Crippen LogP) is 1.23. The second-order valence-corrected chi connectivity index (χ2v) is 6.07. The van der Waals surface area contributed by atoms with Crippen molar-refractivity contribution in [1.82, 2.24) is 0 Å². The van der Waals surface area contributed by atoms with Crippen LogP contribution in [0.25, 0.3) is 0 Å². The lowest BCUT2D eigenvalue weighted by molar-refractivity contribution is -0.139. The molecule has 0 aliphatic heterocycles. The number of carboxylic acid groups (broad SMARTS) is 1. The third-order valence-electron chi connectivity index (χ3n) is 2.59. The summed E-state index contributed by atoms with van der Waals surface area (Å²) in [6, 6.07) is 2.94. The smallest absolute Gasteiger partial charge is 0.341 e. The maximum absolute atomic E-state index is 11.4. The molecule has 7 heteroatoms. The monoisotopic (exact) mass is 287 g/mol. The summed E-state index contributed by atoms with van der Waals surface area (Å²) < 4.78 is 28.1. The van der Waals surface area contributed by atoms with Crippen molar-refractivity contribution in [3.8, 4) is 5.75 Å². The Labute approximate surface area is 112 Å². The molecule has 0 aromatic heterocycles. The molecule has 0 radical (unpaired) electrons. The first-order valence-electron chi connectivity index (χ1n) is 5.65. The first kappa shape index (κ1) is 15.5. The van der Waals surface area contributed by atoms with Crippen molar-refractivity contribution in [2.75, 3.05) is 6.61 Å². The van der Waals surface area contributed by atoms with Crippen LogP contribution < -0.4 is 9.88 Å². The number of carbonyl (C=O) groups is 1. The van der Waals surface area contributed by atoms with Crippen LogP contribution >= 0.6 is 0 Å². The molecule has 3 N–H and O–H groups in total. The van der Waals surface area contributed by atoms with E-state index >= 15 is 0 Å². The summed E-state index contributed by atoms with van der Waals surface area (Å²) in [7, 11) is -3.81. The van der Waals surface area contributed by atoms with Gasteiger partial charge in [0, 0.05) is 0 Å². The number of primary sulfonamides is 1. The lowest BCUT2D eigenvalue weighted by atomic mass is 10.0. The van der Waals surface area contributed by atoms with Gasteiger partial charge < -0.3 is 9.84 Å². The van der Waals surface area contributed by atoms with E-state index in [1.807, 2.05) is 13.8 Å². The van der Waals surface area contributed by atoms with Gasteiger partial charge in [0.2, 0.25) is 10.0 Å². The first-order chi connectivity index (χ1) is 8.62. The molecule has 0 amide bonds. The Kier molecular flexibility index (Phi) is 4.54. The van der Waals surface area contributed by atoms with Gasteiger partial charge in [-0.05, 0) is 36.1 Å². The number of aryl methyl sites for hydroxylation is 1. The van der Waals surface area contributed by atoms with Crippen LogP contribution in [0.5, 0.6) is 5.75 Å². The lowest BCUT2D eigenvalue weighted by Gasteiger charge is -2.16. The maximum Gasteiger partial charge on any atom is 0.341 e. The third-order valence-corrected chi connectivity index (χ3v) is 3.64. The van der Waals surface area contributed by atoms with Crippen molar-refractivity contribution < 1.29 is 23.1 Å². The van der Waals surface area contributed by atoms with Crippen molar-refractivity contribution in [1.29, 1.82) is 0 Å². The standard InChI is InChI=1S/C12H17NO5S/c1-7(2)9-5-11(19(13,16)17)8(3)4-10(9)18-6-12(14)15/h4-5,7H,6H2,1-3H3,(H,14,15)(H2,13,16,17). The van der Waals surface area contributed by atoms with E-state index in [1.54, 1.807) is 6.92 Å². The molecule has 0 spiro atoms. The van der Waals surface area contributed by atoms with Gasteiger partial charge >= 0.3 is 5.97 Å². The molecule has 6 nitrogen and oxygen atoms in total. The van der Waals surface area contributed by atoms with Crippen LogP contribution in [0, 0.1) is 6.92 Å². The van der Waals surface area contributed by atoms with E-state index in [0.717, 1.165) is 0 Å². The van der Waals surface area contributed by atoms with Crippen LogP contribution in [-0.4, -0.2) is 26.1 Å². The second-order valence-electron chi connectivity index (χ2n) is 4.54. The second kappa shape index (κ2) is 5.58. The third kappa shape index (κ3) is 3.93. The zero-order valence-corrected chi connectivity index (χ0v) is 11.8. The van der Waals surface area contributed by atoms with E-state index in [0.29, 0.717) is 16.9 Å². The highest BCUT2D eigenvalue weighted by atomic mass is 32.2. The summed E-state index contributed by atoms with van der Waals surface area (Å²) in [4.78, 5) is 10.6. The number of hydrogen-bond donors (Lipinski definition) is 2. The normalized spacial score (nSPS) is 11.6. The Bertz CT molecular complexity index is 592. The molecule has 0 bridgehead atoms. The van der Waals surface area contributed by atoms with Crippen LogP contribution in [0.15, 0.2) is 17.0 Å². The highest BCUT2D eigenvalue weighted by molar-refractivity contribution is 7.89. The molecule has 0 saturated carbocycles. The Morgan fingerprint density at radius 1 is 1.42 bits per heavy atom. The fourth-order valence-corrected chi connectivity index (χ4v) is 2.50. The van der Waals surface area contributed by atoms with E-state index < -0.39 is 22.6 Å². The summed E-state index contributed by atoms with van der Waals surface area (Å²) in [6.45, 7) is 4.81. The quantitative estimate of drug-likeness (QED) is 0.847. The van der Waals surface area contributed by atoms with Gasteiger partial charge in [0.1, 0.15) is 5.75 Å². The summed E-state index contributed by atoms with van der Waals surface area (Å²) in [5, 5.41) is 13.8. The first-order valence-corrected chi connectivity index (χ1v) is 7.19. The minimum absolute atomic E-state index is 0.0232. The van der Waals surface area contributed by atoms with Crippen LogP contribution in [0.1, 0.15) is 30.9 Å². The van der Waals surface area contributed by atoms with Gasteiger partial charge in [-0.15, -0.1) is 0 Å². The predicted molar refractivity (Wildman–Crippen MR) is 69.8 cm³/mol. The Balaban J connectivity index is 3.33. The minimum atomic E-state index is -3.81. The molecule has 1 rings (SSSR count). The highest BCUT2D eigenvalue weighted by Gasteiger charge is 2.18. The van der Waals surface area contributed by atoms with Gasteiger partial charge in [0.15, 0.2) is 6.61 Å². The number of hydrogen-bond acceptors (Lipinski definition) is 4. The van der Waals surface area contributed by atoms with E-state index in [-0.39, 0.29) is 10.8 Å². The largest absolute Gasteiger partial charge is 0.482 e. The van der Waals surface area contributed by atoms with Crippen molar-refractivity contribution in [2.24, 2.45) is 5.14 Å². The fraction of sp³-hybridized carbons (Fsp3) is 0.417. The Hall–Kier alpha value is -1.60. The molecular weight excluding hydrogens is 270 g/mol. The SMILES string of the molecule is Cc1cc(OCC(=O)O)c(C(C)C)cc1S(N)(=O)=O. The fourth-order valence-electron chi connectivity index (χ4n) is 1.70. The molecule has 0 saturated heterocycles. The molecule has 1 aromatic carbocycles. The molecule has 106 valence electrons. The summed E-state index contributed by atoms with van der Waals surface area (Å²) in [6.07, 6.45) is 0. The maximum atomic E-state index is 11.4. The Morgan fingerprint density at radius 3 is 2.42 bits per heavy atom. The molecule has 0 fully saturated rings. The lowest BCUT2D eigenvalue weighted by Crippen LogP contribution is -2.16. The Morgan fingerprint density at radius 2 is 2.00 bits per heavy atom. The number of rotatable bonds is 5.